The summed E-state index contributed by atoms with van der Waals surface area (Å²) in [4.78, 5) is 32.5. The molecule has 0 unspecified atom stereocenters. The van der Waals surface area contributed by atoms with Crippen LogP contribution < -0.4 is 10.6 Å². The summed E-state index contributed by atoms with van der Waals surface area (Å²) in [5.74, 6) is 0.213. The first-order valence-electron chi connectivity index (χ1n) is 9.28. The van der Waals surface area contributed by atoms with Crippen LogP contribution in [-0.2, 0) is 16.0 Å². The molecule has 8 nitrogen and oxygen atoms in total. The summed E-state index contributed by atoms with van der Waals surface area (Å²) in [5.41, 5.74) is 5.51. The molecule has 0 aliphatic rings. The lowest BCUT2D eigenvalue weighted by molar-refractivity contribution is -0.116. The van der Waals surface area contributed by atoms with E-state index in [1.807, 2.05) is 33.8 Å². The first kappa shape index (κ1) is 20.2. The van der Waals surface area contributed by atoms with E-state index in [4.69, 9.17) is 0 Å². The summed E-state index contributed by atoms with van der Waals surface area (Å²) in [6.07, 6.45) is 0.190. The molecule has 0 bridgehead atoms. The van der Waals surface area contributed by atoms with Gasteiger partial charge in [0.05, 0.1) is 12.1 Å². The lowest BCUT2D eigenvalue weighted by Gasteiger charge is -2.08. The molecule has 0 spiro atoms. The Labute approximate surface area is 169 Å². The Morgan fingerprint density at radius 2 is 1.48 bits per heavy atom. The third-order valence-electron chi connectivity index (χ3n) is 4.43. The molecule has 0 aliphatic heterocycles. The van der Waals surface area contributed by atoms with Gasteiger partial charge < -0.3 is 10.6 Å². The minimum Gasteiger partial charge on any atom is -0.326 e. The first-order chi connectivity index (χ1) is 13.7. The van der Waals surface area contributed by atoms with Crippen molar-refractivity contribution in [2.75, 3.05) is 10.6 Å². The number of hydrogen-bond donors (Lipinski definition) is 2. The number of aryl methyl sites for hydroxylation is 3. The van der Waals surface area contributed by atoms with Crippen molar-refractivity contribution in [2.24, 2.45) is 0 Å². The van der Waals surface area contributed by atoms with Gasteiger partial charge in [0.2, 0.25) is 11.8 Å². The summed E-state index contributed by atoms with van der Waals surface area (Å²) >= 11 is 0. The molecule has 0 radical (unpaired) electrons. The molecule has 2 heterocycles. The summed E-state index contributed by atoms with van der Waals surface area (Å²) in [7, 11) is 0. The molecule has 0 aliphatic carbocycles. The van der Waals surface area contributed by atoms with Crippen LogP contribution in [0, 0.1) is 27.7 Å². The SMILES string of the molecule is CC(=O)Nc1ccc(NC(=O)Cc2c(C)nn(-c3nc(C)cc(C)n3)c2C)cc1. The highest BCUT2D eigenvalue weighted by Crippen LogP contribution is 2.19. The Hall–Kier alpha value is -3.55. The summed E-state index contributed by atoms with van der Waals surface area (Å²) in [6, 6.07) is 8.87. The molecule has 2 aromatic heterocycles. The van der Waals surface area contributed by atoms with Gasteiger partial charge >= 0.3 is 0 Å². The van der Waals surface area contributed by atoms with Crippen LogP contribution in [-0.4, -0.2) is 31.6 Å². The van der Waals surface area contributed by atoms with Crippen LogP contribution >= 0.6 is 0 Å². The van der Waals surface area contributed by atoms with Gasteiger partial charge in [-0.3, -0.25) is 9.59 Å². The molecule has 2 amide bonds. The van der Waals surface area contributed by atoms with Gasteiger partial charge in [0.1, 0.15) is 0 Å². The monoisotopic (exact) mass is 392 g/mol. The molecule has 0 saturated heterocycles. The number of nitrogens with one attached hydrogen (secondary N) is 2. The van der Waals surface area contributed by atoms with Gasteiger partial charge in [0.25, 0.3) is 5.95 Å². The standard InChI is InChI=1S/C21H24N6O2/c1-12-10-13(2)23-21(22-12)27-15(4)19(14(3)26-27)11-20(29)25-18-8-6-17(7-9-18)24-16(5)28/h6-10H,11H2,1-5H3,(H,24,28)(H,25,29). The lowest BCUT2D eigenvalue weighted by atomic mass is 10.1. The zero-order chi connectivity index (χ0) is 21.1. The van der Waals surface area contributed by atoms with E-state index in [0.29, 0.717) is 17.3 Å². The van der Waals surface area contributed by atoms with Gasteiger partial charge in [0, 0.05) is 40.9 Å². The number of nitrogens with zero attached hydrogens (tertiary/aromatic N) is 4. The minimum atomic E-state index is -0.149. The number of carbonyl (C=O) groups is 2. The van der Waals surface area contributed by atoms with Crippen molar-refractivity contribution >= 4 is 23.2 Å². The normalized spacial score (nSPS) is 10.7. The highest BCUT2D eigenvalue weighted by atomic mass is 16.2. The highest BCUT2D eigenvalue weighted by Gasteiger charge is 2.17. The van der Waals surface area contributed by atoms with Crippen molar-refractivity contribution in [1.82, 2.24) is 19.7 Å². The second-order valence-corrected chi connectivity index (χ2v) is 7.00. The first-order valence-corrected chi connectivity index (χ1v) is 9.28. The van der Waals surface area contributed by atoms with Crippen LogP contribution in [0.1, 0.15) is 35.3 Å². The predicted molar refractivity (Wildman–Crippen MR) is 111 cm³/mol. The average molecular weight is 392 g/mol. The van der Waals surface area contributed by atoms with Crippen molar-refractivity contribution in [2.45, 2.75) is 41.0 Å². The van der Waals surface area contributed by atoms with E-state index in [0.717, 1.165) is 28.3 Å². The Bertz CT molecular complexity index is 1050. The zero-order valence-corrected chi connectivity index (χ0v) is 17.2. The molecule has 3 rings (SSSR count). The van der Waals surface area contributed by atoms with Gasteiger partial charge in [0.15, 0.2) is 0 Å². The van der Waals surface area contributed by atoms with Crippen molar-refractivity contribution in [3.63, 3.8) is 0 Å². The van der Waals surface area contributed by atoms with E-state index < -0.39 is 0 Å². The van der Waals surface area contributed by atoms with Crippen LogP contribution in [0.25, 0.3) is 5.95 Å². The number of benzene rings is 1. The van der Waals surface area contributed by atoms with Gasteiger partial charge in [-0.15, -0.1) is 0 Å². The van der Waals surface area contributed by atoms with Crippen molar-refractivity contribution in [1.29, 1.82) is 0 Å². The van der Waals surface area contributed by atoms with E-state index in [9.17, 15) is 9.59 Å². The summed E-state index contributed by atoms with van der Waals surface area (Å²) < 4.78 is 1.68. The van der Waals surface area contributed by atoms with Crippen LogP contribution in [0.4, 0.5) is 11.4 Å². The van der Waals surface area contributed by atoms with Crippen LogP contribution in [0.15, 0.2) is 30.3 Å². The molecule has 150 valence electrons. The van der Waals surface area contributed by atoms with E-state index in [-0.39, 0.29) is 18.2 Å². The summed E-state index contributed by atoms with van der Waals surface area (Å²) in [5, 5.41) is 10.1. The van der Waals surface area contributed by atoms with Gasteiger partial charge in [-0.25, -0.2) is 14.6 Å². The fraction of sp³-hybridized carbons (Fsp3) is 0.286. The Morgan fingerprint density at radius 3 is 2.03 bits per heavy atom. The second-order valence-electron chi connectivity index (χ2n) is 7.00. The maximum Gasteiger partial charge on any atom is 0.251 e. The van der Waals surface area contributed by atoms with E-state index >= 15 is 0 Å². The predicted octanol–water partition coefficient (Wildman–Crippen LogP) is 3.04. The number of rotatable bonds is 5. The fourth-order valence-corrected chi connectivity index (χ4v) is 3.13. The Kier molecular flexibility index (Phi) is 5.72. The van der Waals surface area contributed by atoms with Crippen molar-refractivity contribution in [3.8, 4) is 5.95 Å². The van der Waals surface area contributed by atoms with Crippen molar-refractivity contribution in [3.05, 3.63) is 58.7 Å². The van der Waals surface area contributed by atoms with Crippen LogP contribution in [0.3, 0.4) is 0 Å². The topological polar surface area (TPSA) is 102 Å². The number of anilines is 2. The maximum absolute atomic E-state index is 12.6. The molecule has 29 heavy (non-hydrogen) atoms. The molecular formula is C21H24N6O2. The third kappa shape index (κ3) is 4.84. The van der Waals surface area contributed by atoms with Gasteiger partial charge in [-0.1, -0.05) is 0 Å². The molecule has 0 atom stereocenters. The number of carbonyl (C=O) groups excluding carboxylic acids is 2. The molecule has 1 aromatic carbocycles. The molecule has 2 N–H and O–H groups in total. The Balaban J connectivity index is 1.75. The quantitative estimate of drug-likeness (QED) is 0.695. The lowest BCUT2D eigenvalue weighted by Crippen LogP contribution is -2.15. The van der Waals surface area contributed by atoms with Gasteiger partial charge in [-0.05, 0) is 58.0 Å². The molecule has 3 aromatic rings. The number of amides is 2. The van der Waals surface area contributed by atoms with Gasteiger partial charge in [-0.2, -0.15) is 5.10 Å². The number of aromatic nitrogens is 4. The smallest absolute Gasteiger partial charge is 0.251 e. The zero-order valence-electron chi connectivity index (χ0n) is 17.2. The van der Waals surface area contributed by atoms with Crippen LogP contribution in [0.2, 0.25) is 0 Å². The highest BCUT2D eigenvalue weighted by molar-refractivity contribution is 5.93. The van der Waals surface area contributed by atoms with E-state index in [1.165, 1.54) is 6.92 Å². The summed E-state index contributed by atoms with van der Waals surface area (Å²) in [6.45, 7) is 9.05. The van der Waals surface area contributed by atoms with E-state index in [2.05, 4.69) is 25.7 Å². The van der Waals surface area contributed by atoms with Crippen LogP contribution in [0.5, 0.6) is 0 Å². The molecular weight excluding hydrogens is 368 g/mol. The second kappa shape index (κ2) is 8.22. The minimum absolute atomic E-state index is 0.141. The Morgan fingerprint density at radius 1 is 0.931 bits per heavy atom. The van der Waals surface area contributed by atoms with Crippen molar-refractivity contribution < 1.29 is 9.59 Å². The maximum atomic E-state index is 12.6. The molecule has 0 fully saturated rings. The molecule has 0 saturated carbocycles. The average Bonchev–Trinajstić information content (AvgIpc) is 2.90. The molecule has 8 heteroatoms. The largest absolute Gasteiger partial charge is 0.326 e. The third-order valence-corrected chi connectivity index (χ3v) is 4.43. The number of hydrogen-bond acceptors (Lipinski definition) is 5. The van der Waals surface area contributed by atoms with E-state index in [1.54, 1.807) is 28.9 Å². The fourth-order valence-electron chi connectivity index (χ4n) is 3.13.